The van der Waals surface area contributed by atoms with Crippen molar-refractivity contribution in [3.05, 3.63) is 81.7 Å². The van der Waals surface area contributed by atoms with Crippen molar-refractivity contribution in [3.8, 4) is 5.75 Å². The summed E-state index contributed by atoms with van der Waals surface area (Å²) in [6.45, 7) is 5.86. The normalized spacial score (nSPS) is 11.3. The van der Waals surface area contributed by atoms with E-state index in [4.69, 9.17) is 14.7 Å². The minimum atomic E-state index is -0.194. The first-order valence-electron chi connectivity index (χ1n) is 10.5. The molecule has 2 heterocycles. The quantitative estimate of drug-likeness (QED) is 0.373. The topological polar surface area (TPSA) is 50.3 Å². The first kappa shape index (κ1) is 22.2. The van der Waals surface area contributed by atoms with E-state index in [0.717, 1.165) is 27.3 Å². The average molecular weight is 451 g/mol. The van der Waals surface area contributed by atoms with Gasteiger partial charge in [0.15, 0.2) is 0 Å². The van der Waals surface area contributed by atoms with Crippen LogP contribution in [0.15, 0.2) is 48.5 Å². The molecule has 2 aromatic heterocycles. The fraction of sp³-hybridized carbons (Fsp3) is 0.280. The van der Waals surface area contributed by atoms with E-state index in [2.05, 4.69) is 25.2 Å². The number of aromatic nitrogens is 2. The number of halogens is 1. The highest BCUT2D eigenvalue weighted by molar-refractivity contribution is 7.18. The van der Waals surface area contributed by atoms with E-state index in [1.165, 1.54) is 16.5 Å². The van der Waals surface area contributed by atoms with Gasteiger partial charge in [-0.2, -0.15) is 0 Å². The molecule has 0 bridgehead atoms. The molecular weight excluding hydrogens is 423 g/mol. The predicted octanol–water partition coefficient (Wildman–Crippen LogP) is 5.70. The Balaban J connectivity index is 1.59. The van der Waals surface area contributed by atoms with Gasteiger partial charge < -0.3 is 10.1 Å². The lowest BCUT2D eigenvalue weighted by molar-refractivity contribution is 0.306. The number of benzene rings is 2. The molecule has 7 heteroatoms. The zero-order chi connectivity index (χ0) is 22.7. The van der Waals surface area contributed by atoms with Crippen molar-refractivity contribution < 1.29 is 9.13 Å². The summed E-state index contributed by atoms with van der Waals surface area (Å²) in [5.74, 6) is 2.18. The van der Waals surface area contributed by atoms with Gasteiger partial charge in [0, 0.05) is 23.5 Å². The van der Waals surface area contributed by atoms with Crippen LogP contribution >= 0.6 is 11.3 Å². The Bertz CT molecular complexity index is 1240. The second-order valence-corrected chi connectivity index (χ2v) is 9.12. The van der Waals surface area contributed by atoms with Crippen molar-refractivity contribution in [2.75, 3.05) is 19.5 Å². The summed E-state index contributed by atoms with van der Waals surface area (Å²) in [7, 11) is 3.62. The number of fused-ring (bicyclic) bond motifs is 1. The molecule has 32 heavy (non-hydrogen) atoms. The number of anilines is 1. The van der Waals surface area contributed by atoms with Crippen LogP contribution in [0.2, 0.25) is 0 Å². The summed E-state index contributed by atoms with van der Waals surface area (Å²) >= 11 is 1.68. The summed E-state index contributed by atoms with van der Waals surface area (Å²) in [6.07, 6.45) is 0. The van der Waals surface area contributed by atoms with Crippen molar-refractivity contribution in [2.24, 2.45) is 0 Å². The first-order chi connectivity index (χ1) is 15.4. The Labute approximate surface area is 191 Å². The molecule has 0 radical (unpaired) electrons. The highest BCUT2D eigenvalue weighted by Gasteiger charge is 2.16. The molecule has 0 aliphatic carbocycles. The predicted molar refractivity (Wildman–Crippen MR) is 129 cm³/mol. The van der Waals surface area contributed by atoms with Crippen LogP contribution in [0.1, 0.15) is 27.4 Å². The van der Waals surface area contributed by atoms with Crippen LogP contribution in [0.5, 0.6) is 5.75 Å². The van der Waals surface area contributed by atoms with Crippen LogP contribution in [-0.4, -0.2) is 29.0 Å². The van der Waals surface area contributed by atoms with E-state index < -0.39 is 0 Å². The molecule has 0 aliphatic heterocycles. The molecule has 1 N–H and O–H groups in total. The Morgan fingerprint density at radius 1 is 1.06 bits per heavy atom. The maximum Gasteiger partial charge on any atom is 0.146 e. The minimum Gasteiger partial charge on any atom is -0.497 e. The molecular formula is C25H27FN4OS. The molecule has 4 rings (SSSR count). The second-order valence-electron chi connectivity index (χ2n) is 7.92. The lowest BCUT2D eigenvalue weighted by atomic mass is 10.2. The number of thiophene rings is 1. The maximum absolute atomic E-state index is 14.0. The van der Waals surface area contributed by atoms with Gasteiger partial charge in [0.2, 0.25) is 0 Å². The number of aryl methyl sites for hydroxylation is 2. The van der Waals surface area contributed by atoms with Gasteiger partial charge in [-0.25, -0.2) is 14.4 Å². The molecule has 0 amide bonds. The van der Waals surface area contributed by atoms with E-state index in [1.54, 1.807) is 24.5 Å². The van der Waals surface area contributed by atoms with Gasteiger partial charge in [0.05, 0.1) is 19.0 Å². The molecule has 2 aromatic carbocycles. The van der Waals surface area contributed by atoms with Gasteiger partial charge in [-0.15, -0.1) is 11.3 Å². The van der Waals surface area contributed by atoms with Crippen LogP contribution < -0.4 is 10.1 Å². The average Bonchev–Trinajstić information content (AvgIpc) is 3.07. The van der Waals surface area contributed by atoms with Gasteiger partial charge in [0.25, 0.3) is 0 Å². The van der Waals surface area contributed by atoms with Crippen LogP contribution in [0.3, 0.4) is 0 Å². The number of ether oxygens (including phenoxy) is 1. The summed E-state index contributed by atoms with van der Waals surface area (Å²) < 4.78 is 19.4. The second kappa shape index (κ2) is 9.63. The highest BCUT2D eigenvalue weighted by Crippen LogP contribution is 2.33. The Kier molecular flexibility index (Phi) is 6.67. The number of nitrogens with one attached hydrogen (secondary N) is 1. The Hall–Kier alpha value is -3.03. The fourth-order valence-corrected chi connectivity index (χ4v) is 4.72. The minimum absolute atomic E-state index is 0.194. The van der Waals surface area contributed by atoms with Crippen LogP contribution in [0, 0.1) is 19.7 Å². The third kappa shape index (κ3) is 4.89. The number of rotatable bonds is 8. The van der Waals surface area contributed by atoms with Crippen LogP contribution in [-0.2, 0) is 19.6 Å². The van der Waals surface area contributed by atoms with E-state index in [0.29, 0.717) is 31.0 Å². The SMILES string of the molecule is COc1cccc(CNc2nc(CN(C)Cc3ccccc3F)nc3sc(C)c(C)c23)c1. The van der Waals surface area contributed by atoms with Crippen molar-refractivity contribution in [1.29, 1.82) is 0 Å². The largest absolute Gasteiger partial charge is 0.497 e. The molecule has 0 unspecified atom stereocenters. The number of nitrogens with zero attached hydrogens (tertiary/aromatic N) is 3. The van der Waals surface area contributed by atoms with Crippen LogP contribution in [0.25, 0.3) is 10.2 Å². The molecule has 0 atom stereocenters. The van der Waals surface area contributed by atoms with Crippen molar-refractivity contribution in [2.45, 2.75) is 33.5 Å². The lowest BCUT2D eigenvalue weighted by Crippen LogP contribution is -2.20. The van der Waals surface area contributed by atoms with Gasteiger partial charge in [0.1, 0.15) is 28.0 Å². The maximum atomic E-state index is 14.0. The summed E-state index contributed by atoms with van der Waals surface area (Å²) in [4.78, 5) is 13.9. The lowest BCUT2D eigenvalue weighted by Gasteiger charge is -2.17. The molecule has 4 aromatic rings. The van der Waals surface area contributed by atoms with E-state index >= 15 is 0 Å². The monoisotopic (exact) mass is 450 g/mol. The Morgan fingerprint density at radius 2 is 1.88 bits per heavy atom. The van der Waals surface area contributed by atoms with E-state index in [-0.39, 0.29) is 5.82 Å². The highest BCUT2D eigenvalue weighted by atomic mass is 32.1. The number of methoxy groups -OCH3 is 1. The summed E-state index contributed by atoms with van der Waals surface area (Å²) in [5.41, 5.74) is 2.97. The standard InChI is InChI=1S/C25H27FN4OS/c1-16-17(2)32-25-23(16)24(27-13-18-8-7-10-20(12-18)31-4)28-22(29-25)15-30(3)14-19-9-5-6-11-21(19)26/h5-12H,13-15H2,1-4H3,(H,27,28,29). The van der Waals surface area contributed by atoms with E-state index in [9.17, 15) is 4.39 Å². The van der Waals surface area contributed by atoms with Gasteiger partial charge >= 0.3 is 0 Å². The molecule has 166 valence electrons. The smallest absolute Gasteiger partial charge is 0.146 e. The Morgan fingerprint density at radius 3 is 2.66 bits per heavy atom. The van der Waals surface area contributed by atoms with Gasteiger partial charge in [-0.1, -0.05) is 30.3 Å². The van der Waals surface area contributed by atoms with Crippen molar-refractivity contribution in [1.82, 2.24) is 14.9 Å². The van der Waals surface area contributed by atoms with Gasteiger partial charge in [-0.05, 0) is 50.2 Å². The number of hydrogen-bond donors (Lipinski definition) is 1. The third-order valence-corrected chi connectivity index (χ3v) is 6.58. The molecule has 5 nitrogen and oxygen atoms in total. The fourth-order valence-electron chi connectivity index (χ4n) is 3.68. The number of hydrogen-bond acceptors (Lipinski definition) is 6. The van der Waals surface area contributed by atoms with Crippen LogP contribution in [0.4, 0.5) is 10.2 Å². The zero-order valence-corrected chi connectivity index (χ0v) is 19.6. The molecule has 0 fully saturated rings. The molecule has 0 saturated heterocycles. The first-order valence-corrected chi connectivity index (χ1v) is 11.3. The zero-order valence-electron chi connectivity index (χ0n) is 18.8. The van der Waals surface area contributed by atoms with Crippen molar-refractivity contribution in [3.63, 3.8) is 0 Å². The molecule has 0 saturated carbocycles. The third-order valence-electron chi connectivity index (χ3n) is 5.48. The summed E-state index contributed by atoms with van der Waals surface area (Å²) in [5, 5.41) is 4.57. The summed E-state index contributed by atoms with van der Waals surface area (Å²) in [6, 6.07) is 14.8. The van der Waals surface area contributed by atoms with Gasteiger partial charge in [-0.3, -0.25) is 4.90 Å². The van der Waals surface area contributed by atoms with Crippen molar-refractivity contribution >= 4 is 27.4 Å². The molecule has 0 spiro atoms. The van der Waals surface area contributed by atoms with E-state index in [1.807, 2.05) is 42.3 Å². The molecule has 0 aliphatic rings.